The van der Waals surface area contributed by atoms with E-state index in [0.717, 1.165) is 11.3 Å². The molecule has 2 amide bonds. The van der Waals surface area contributed by atoms with Crippen LogP contribution in [0.5, 0.6) is 0 Å². The molecule has 1 aromatic rings. The molecule has 186 valence electrons. The van der Waals surface area contributed by atoms with Gasteiger partial charge in [-0.15, -0.1) is 35.5 Å². The number of hydrogen-bond donors (Lipinski definition) is 2. The summed E-state index contributed by atoms with van der Waals surface area (Å²) >= 11 is 2.49. The van der Waals surface area contributed by atoms with Crippen LogP contribution in [0, 0.1) is 5.41 Å². The minimum absolute atomic E-state index is 0. The van der Waals surface area contributed by atoms with Crippen LogP contribution in [0.1, 0.15) is 26.5 Å². The fourth-order valence-electron chi connectivity index (χ4n) is 2.86. The van der Waals surface area contributed by atoms with Crippen LogP contribution < -0.4 is 11.1 Å². The standard InChI is InChI=1S/C19H23N5O7S2.ClH/c1-19(2,3)17(28)31-8-30-16(27)10-5-6-32-15-12(14(26)24(10)15)22-13(25)11(23-29-4)9-7-33-18(20)21-9;/h5,7,12,15H,6,8H2,1-4H3,(H2,20,21)(H,22,25);1H/t12-,15+;/m1./s1. The molecule has 3 N–H and O–H groups in total. The van der Waals surface area contributed by atoms with Crippen LogP contribution in [-0.2, 0) is 33.5 Å². The predicted octanol–water partition coefficient (Wildman–Crippen LogP) is 0.871. The molecule has 0 saturated carbocycles. The molecule has 1 aromatic heterocycles. The fourth-order valence-corrected chi connectivity index (χ4v) is 4.60. The van der Waals surface area contributed by atoms with Crippen molar-refractivity contribution in [3.63, 3.8) is 0 Å². The number of rotatable bonds is 7. The number of amides is 2. The molecule has 3 rings (SSSR count). The van der Waals surface area contributed by atoms with Crippen LogP contribution in [0.4, 0.5) is 5.13 Å². The Hall–Kier alpha value is -2.84. The lowest BCUT2D eigenvalue weighted by atomic mass is 9.98. The van der Waals surface area contributed by atoms with E-state index in [1.807, 2.05) is 0 Å². The van der Waals surface area contributed by atoms with E-state index >= 15 is 0 Å². The molecule has 1 fully saturated rings. The van der Waals surface area contributed by atoms with Gasteiger partial charge in [0.1, 0.15) is 29.9 Å². The number of fused-ring (bicyclic) bond motifs is 1. The highest BCUT2D eigenvalue weighted by Gasteiger charge is 2.53. The molecule has 1 saturated heterocycles. The van der Waals surface area contributed by atoms with Crippen molar-refractivity contribution in [3.8, 4) is 0 Å². The van der Waals surface area contributed by atoms with E-state index in [-0.39, 0.29) is 34.6 Å². The Morgan fingerprint density at radius 2 is 2.03 bits per heavy atom. The van der Waals surface area contributed by atoms with Gasteiger partial charge in [-0.2, -0.15) is 0 Å². The molecule has 2 aliphatic heterocycles. The molecule has 2 aliphatic rings. The van der Waals surface area contributed by atoms with Crippen LogP contribution in [0.3, 0.4) is 0 Å². The summed E-state index contributed by atoms with van der Waals surface area (Å²) in [5, 5.41) is 7.57. The van der Waals surface area contributed by atoms with E-state index in [2.05, 4.69) is 15.5 Å². The first-order valence-corrected chi connectivity index (χ1v) is 11.6. The van der Waals surface area contributed by atoms with Gasteiger partial charge in [0.05, 0.1) is 5.41 Å². The summed E-state index contributed by atoms with van der Waals surface area (Å²) in [7, 11) is 1.28. The van der Waals surface area contributed by atoms with Gasteiger partial charge in [-0.3, -0.25) is 19.3 Å². The molecule has 0 radical (unpaired) electrons. The highest BCUT2D eigenvalue weighted by atomic mass is 35.5. The quantitative estimate of drug-likeness (QED) is 0.169. The third-order valence-corrected chi connectivity index (χ3v) is 6.35. The van der Waals surface area contributed by atoms with E-state index < -0.39 is 47.4 Å². The van der Waals surface area contributed by atoms with Gasteiger partial charge in [0.15, 0.2) is 10.8 Å². The van der Waals surface area contributed by atoms with Gasteiger partial charge in [0.25, 0.3) is 11.8 Å². The van der Waals surface area contributed by atoms with E-state index in [4.69, 9.17) is 20.0 Å². The number of aromatic nitrogens is 1. The van der Waals surface area contributed by atoms with Crippen molar-refractivity contribution in [3.05, 3.63) is 22.8 Å². The third-order valence-electron chi connectivity index (χ3n) is 4.50. The van der Waals surface area contributed by atoms with Crippen LogP contribution in [0.25, 0.3) is 0 Å². The fraction of sp³-hybridized carbons (Fsp3) is 0.474. The molecule has 34 heavy (non-hydrogen) atoms. The molecular formula is C19H24ClN5O7S2. The van der Waals surface area contributed by atoms with E-state index in [1.54, 1.807) is 32.2 Å². The molecule has 3 heterocycles. The highest BCUT2D eigenvalue weighted by molar-refractivity contribution is 8.00. The molecule has 0 unspecified atom stereocenters. The van der Waals surface area contributed by atoms with Crippen LogP contribution in [0.2, 0.25) is 0 Å². The first-order valence-electron chi connectivity index (χ1n) is 9.67. The molecule has 0 aromatic carbocycles. The first kappa shape index (κ1) is 27.4. The van der Waals surface area contributed by atoms with Crippen molar-refractivity contribution in [2.24, 2.45) is 10.6 Å². The van der Waals surface area contributed by atoms with Gasteiger partial charge in [-0.05, 0) is 26.8 Å². The lowest BCUT2D eigenvalue weighted by molar-refractivity contribution is -0.173. The average molecular weight is 534 g/mol. The van der Waals surface area contributed by atoms with E-state index in [0.29, 0.717) is 5.75 Å². The van der Waals surface area contributed by atoms with Crippen LogP contribution >= 0.6 is 35.5 Å². The Morgan fingerprint density at radius 1 is 1.32 bits per heavy atom. The monoisotopic (exact) mass is 533 g/mol. The van der Waals surface area contributed by atoms with Crippen molar-refractivity contribution in [2.45, 2.75) is 32.2 Å². The topological polar surface area (TPSA) is 163 Å². The number of nitrogens with zero attached hydrogens (tertiary/aromatic N) is 3. The third kappa shape index (κ3) is 5.80. The molecular weight excluding hydrogens is 510 g/mol. The normalized spacial score (nSPS) is 19.6. The van der Waals surface area contributed by atoms with Crippen molar-refractivity contribution in [2.75, 3.05) is 25.4 Å². The van der Waals surface area contributed by atoms with Crippen molar-refractivity contribution >= 4 is 70.1 Å². The second-order valence-corrected chi connectivity index (χ2v) is 9.94. The van der Waals surface area contributed by atoms with Gasteiger partial charge < -0.3 is 25.4 Å². The largest absolute Gasteiger partial charge is 0.427 e. The van der Waals surface area contributed by atoms with E-state index in [9.17, 15) is 19.2 Å². The second kappa shape index (κ2) is 11.1. The lowest BCUT2D eigenvalue weighted by Gasteiger charge is -2.48. The van der Waals surface area contributed by atoms with Gasteiger partial charge in [-0.1, -0.05) is 5.16 Å². The first-order chi connectivity index (χ1) is 15.5. The number of nitrogens with two attached hydrogens (primary N) is 1. The number of halogens is 1. The van der Waals surface area contributed by atoms with Gasteiger partial charge >= 0.3 is 11.9 Å². The zero-order chi connectivity index (χ0) is 24.3. The van der Waals surface area contributed by atoms with Gasteiger partial charge in [0, 0.05) is 11.1 Å². The molecule has 2 atom stereocenters. The summed E-state index contributed by atoms with van der Waals surface area (Å²) in [6.07, 6.45) is 1.54. The Bertz CT molecular complexity index is 1040. The highest BCUT2D eigenvalue weighted by Crippen LogP contribution is 2.37. The number of anilines is 1. The van der Waals surface area contributed by atoms with Crippen molar-refractivity contribution in [1.82, 2.24) is 15.2 Å². The van der Waals surface area contributed by atoms with Crippen molar-refractivity contribution in [1.29, 1.82) is 0 Å². The number of nitrogen functional groups attached to an aromatic ring is 1. The summed E-state index contributed by atoms with van der Waals surface area (Å²) in [5.41, 5.74) is 4.98. The minimum Gasteiger partial charge on any atom is -0.427 e. The summed E-state index contributed by atoms with van der Waals surface area (Å²) in [4.78, 5) is 59.7. The molecule has 0 spiro atoms. The Labute approximate surface area is 209 Å². The number of esters is 2. The number of ether oxygens (including phenoxy) is 2. The van der Waals surface area contributed by atoms with Gasteiger partial charge in [-0.25, -0.2) is 9.78 Å². The second-order valence-electron chi connectivity index (χ2n) is 7.90. The molecule has 0 bridgehead atoms. The maximum absolute atomic E-state index is 12.7. The smallest absolute Gasteiger partial charge is 0.357 e. The number of nitrogens with one attached hydrogen (secondary N) is 1. The number of carbonyl (C=O) groups is 4. The number of oxime groups is 1. The molecule has 15 heteroatoms. The van der Waals surface area contributed by atoms with Crippen molar-refractivity contribution < 1.29 is 33.5 Å². The number of hydrogen-bond acceptors (Lipinski definition) is 12. The predicted molar refractivity (Wildman–Crippen MR) is 127 cm³/mol. The van der Waals surface area contributed by atoms with Gasteiger partial charge in [0.2, 0.25) is 6.79 Å². The summed E-state index contributed by atoms with van der Waals surface area (Å²) in [6, 6.07) is -0.893. The Morgan fingerprint density at radius 3 is 2.62 bits per heavy atom. The maximum atomic E-state index is 12.7. The molecule has 12 nitrogen and oxygen atoms in total. The van der Waals surface area contributed by atoms with E-state index in [1.165, 1.54) is 23.8 Å². The Balaban J connectivity index is 0.00000408. The minimum atomic E-state index is -0.893. The number of carbonyl (C=O) groups excluding carboxylic acids is 4. The number of thiazole rings is 1. The number of β-lactam (4-membered cyclic amide) rings is 1. The average Bonchev–Trinajstić information content (AvgIpc) is 3.19. The Kier molecular flexibility index (Phi) is 8.91. The summed E-state index contributed by atoms with van der Waals surface area (Å²) < 4.78 is 9.93. The summed E-state index contributed by atoms with van der Waals surface area (Å²) in [5.74, 6) is -2.09. The zero-order valence-electron chi connectivity index (χ0n) is 18.7. The summed E-state index contributed by atoms with van der Waals surface area (Å²) in [6.45, 7) is 4.44. The van der Waals surface area contributed by atoms with Crippen LogP contribution in [0.15, 0.2) is 22.3 Å². The number of thioether (sulfide) groups is 1. The lowest BCUT2D eigenvalue weighted by Crippen LogP contribution is -2.70. The maximum Gasteiger partial charge on any atom is 0.357 e. The van der Waals surface area contributed by atoms with Crippen LogP contribution in [-0.4, -0.2) is 70.4 Å². The zero-order valence-corrected chi connectivity index (χ0v) is 21.2. The molecule has 0 aliphatic carbocycles. The SMILES string of the molecule is CON=C(C(=O)N[C@@H]1C(=O)N2C(C(=O)OCOC(=O)C(C)(C)C)=CCS[C@@H]12)c1csc(N)n1.Cl.